The molecule has 5 rings (SSSR count). The zero-order valence-corrected chi connectivity index (χ0v) is 28.1. The molecular formula is C34H43N3O6S2. The number of methoxy groups -OCH3 is 2. The summed E-state index contributed by atoms with van der Waals surface area (Å²) in [6, 6.07) is 14.5. The van der Waals surface area contributed by atoms with Crippen LogP contribution in [0.15, 0.2) is 48.7 Å². The van der Waals surface area contributed by atoms with Crippen molar-refractivity contribution in [1.82, 2.24) is 9.71 Å². The summed E-state index contributed by atoms with van der Waals surface area (Å²) in [5, 5.41) is 0.587. The maximum Gasteiger partial charge on any atom is 0.273 e. The molecule has 11 heteroatoms. The molecule has 0 unspecified atom stereocenters. The van der Waals surface area contributed by atoms with Gasteiger partial charge in [0.15, 0.2) is 0 Å². The van der Waals surface area contributed by atoms with Crippen molar-refractivity contribution in [2.24, 2.45) is 17.8 Å². The summed E-state index contributed by atoms with van der Waals surface area (Å²) in [6.07, 6.45) is 9.04. The molecule has 1 N–H and O–H groups in total. The number of hydrogen-bond donors (Lipinski definition) is 1. The Morgan fingerprint density at radius 3 is 2.29 bits per heavy atom. The number of amides is 2. The molecule has 0 spiro atoms. The molecule has 0 atom stereocenters. The first-order valence-corrected chi connectivity index (χ1v) is 18.3. The minimum absolute atomic E-state index is 0.0731. The molecule has 2 aromatic carbocycles. The topological polar surface area (TPSA) is 115 Å². The van der Waals surface area contributed by atoms with Crippen molar-refractivity contribution >= 4 is 38.9 Å². The zero-order chi connectivity index (χ0) is 32.1. The summed E-state index contributed by atoms with van der Waals surface area (Å²) in [7, 11) is -0.314. The normalized spacial score (nSPS) is 22.0. The average molecular weight is 654 g/mol. The number of carbonyl (C=O) groups is 2. The van der Waals surface area contributed by atoms with Gasteiger partial charge < -0.3 is 14.4 Å². The maximum atomic E-state index is 14.2. The summed E-state index contributed by atoms with van der Waals surface area (Å²) in [5.41, 5.74) is 4.33. The van der Waals surface area contributed by atoms with Gasteiger partial charge in [-0.15, -0.1) is 0 Å². The third kappa shape index (κ3) is 8.24. The first-order chi connectivity index (χ1) is 21.5. The molecule has 0 aliphatic heterocycles. The van der Waals surface area contributed by atoms with E-state index in [1.54, 1.807) is 20.4 Å². The number of aromatic nitrogens is 1. The van der Waals surface area contributed by atoms with Crippen molar-refractivity contribution in [3.8, 4) is 21.4 Å². The monoisotopic (exact) mass is 653 g/mol. The van der Waals surface area contributed by atoms with Crippen LogP contribution in [0.25, 0.3) is 10.4 Å². The second kappa shape index (κ2) is 14.3. The molecule has 0 bridgehead atoms. The molecule has 9 nitrogen and oxygen atoms in total. The molecule has 2 saturated carbocycles. The van der Waals surface area contributed by atoms with Crippen LogP contribution in [0, 0.1) is 24.7 Å². The highest BCUT2D eigenvalue weighted by Gasteiger charge is 2.35. The van der Waals surface area contributed by atoms with Crippen molar-refractivity contribution in [2.45, 2.75) is 64.2 Å². The van der Waals surface area contributed by atoms with Gasteiger partial charge in [-0.05, 0) is 105 Å². The molecule has 45 heavy (non-hydrogen) atoms. The molecule has 2 amide bonds. The number of aryl methyl sites for hydroxylation is 1. The number of benzene rings is 2. The van der Waals surface area contributed by atoms with E-state index >= 15 is 0 Å². The quantitative estimate of drug-likeness (QED) is 0.272. The van der Waals surface area contributed by atoms with Crippen LogP contribution < -0.4 is 19.1 Å². The van der Waals surface area contributed by atoms with Gasteiger partial charge in [0, 0.05) is 30.3 Å². The number of hydrogen-bond acceptors (Lipinski definition) is 8. The van der Waals surface area contributed by atoms with Gasteiger partial charge in [0.05, 0.1) is 25.4 Å². The van der Waals surface area contributed by atoms with E-state index < -0.39 is 21.8 Å². The van der Waals surface area contributed by atoms with Crippen molar-refractivity contribution < 1.29 is 27.5 Å². The highest BCUT2D eigenvalue weighted by molar-refractivity contribution is 7.89. The van der Waals surface area contributed by atoms with E-state index in [0.29, 0.717) is 49.3 Å². The fourth-order valence-electron chi connectivity index (χ4n) is 6.82. The Kier molecular flexibility index (Phi) is 10.5. The Morgan fingerprint density at radius 2 is 1.67 bits per heavy atom. The van der Waals surface area contributed by atoms with Crippen molar-refractivity contribution in [3.63, 3.8) is 0 Å². The Balaban J connectivity index is 1.32. The summed E-state index contributed by atoms with van der Waals surface area (Å²) in [4.78, 5) is 34.0. The lowest BCUT2D eigenvalue weighted by Crippen LogP contribution is -2.43. The van der Waals surface area contributed by atoms with Crippen molar-refractivity contribution in [1.29, 1.82) is 0 Å². The number of nitrogens with zero attached hydrogens (tertiary/aromatic N) is 2. The molecule has 3 aromatic rings. The van der Waals surface area contributed by atoms with Gasteiger partial charge in [-0.1, -0.05) is 35.6 Å². The lowest BCUT2D eigenvalue weighted by Gasteiger charge is -2.36. The lowest BCUT2D eigenvalue weighted by atomic mass is 9.77. The summed E-state index contributed by atoms with van der Waals surface area (Å²) in [5.74, 6) is 0.740. The van der Waals surface area contributed by atoms with Crippen molar-refractivity contribution in [3.05, 3.63) is 59.8 Å². The number of thiazole rings is 1. The number of rotatable bonds is 10. The van der Waals surface area contributed by atoms with E-state index in [9.17, 15) is 18.0 Å². The smallest absolute Gasteiger partial charge is 0.273 e. The molecular weight excluding hydrogens is 611 g/mol. The fraction of sp³-hybridized carbons (Fsp3) is 0.500. The Bertz CT molecular complexity index is 1610. The second-order valence-electron chi connectivity index (χ2n) is 12.4. The summed E-state index contributed by atoms with van der Waals surface area (Å²) >= 11 is 1.46. The fourth-order valence-corrected chi connectivity index (χ4v) is 8.08. The van der Waals surface area contributed by atoms with E-state index in [1.165, 1.54) is 16.9 Å². The molecule has 1 heterocycles. The van der Waals surface area contributed by atoms with E-state index in [-0.39, 0.29) is 11.8 Å². The van der Waals surface area contributed by atoms with E-state index in [1.807, 2.05) is 23.1 Å². The van der Waals surface area contributed by atoms with Gasteiger partial charge >= 0.3 is 0 Å². The summed E-state index contributed by atoms with van der Waals surface area (Å²) < 4.78 is 36.0. The predicted molar refractivity (Wildman–Crippen MR) is 177 cm³/mol. The molecule has 242 valence electrons. The Labute approximate surface area is 270 Å². The zero-order valence-electron chi connectivity index (χ0n) is 26.5. The third-order valence-corrected chi connectivity index (χ3v) is 10.9. The standard InChI is InChI=1S/C34H43N3O6S2/c1-22-18-27(16-17-30(22)42-2)24-10-8-23(9-11-24)21-37(29-7-5-6-28(19-29)31-20-35-34(43-3)44-31)33(39)26-14-12-25(13-15-26)32(38)36-45(4,40)41/h5-7,16-20,23-26H,8-15,21H2,1-4H3,(H,36,38)/t23-,24-,25-,26-. The third-order valence-electron chi connectivity index (χ3n) is 9.28. The molecule has 2 aliphatic rings. The van der Waals surface area contributed by atoms with Gasteiger partial charge in [0.1, 0.15) is 5.75 Å². The van der Waals surface area contributed by atoms with Crippen LogP contribution in [0.4, 0.5) is 5.69 Å². The Hall–Kier alpha value is -3.44. The number of sulfonamides is 1. The van der Waals surface area contributed by atoms with E-state index in [0.717, 1.165) is 59.4 Å². The molecule has 0 radical (unpaired) electrons. The van der Waals surface area contributed by atoms with Gasteiger partial charge in [-0.3, -0.25) is 14.3 Å². The second-order valence-corrected chi connectivity index (χ2v) is 15.2. The van der Waals surface area contributed by atoms with Gasteiger partial charge in [-0.2, -0.15) is 0 Å². The van der Waals surface area contributed by atoms with Crippen LogP contribution in [-0.2, 0) is 19.6 Å². The van der Waals surface area contributed by atoms with Gasteiger partial charge in [-0.25, -0.2) is 13.4 Å². The number of anilines is 1. The van der Waals surface area contributed by atoms with Crippen LogP contribution in [0.3, 0.4) is 0 Å². The van der Waals surface area contributed by atoms with Gasteiger partial charge in [0.25, 0.3) is 5.19 Å². The number of ether oxygens (including phenoxy) is 2. The minimum atomic E-state index is -3.61. The van der Waals surface area contributed by atoms with Crippen LogP contribution in [0.1, 0.15) is 68.4 Å². The SMILES string of the molecule is COc1ncc(-c2cccc(N(C[C@H]3CC[C@H](c4ccc(OC)c(C)c4)CC3)C(=O)[C@H]3CC[C@H](C(=O)NS(C)(=O)=O)CC3)c2)s1. The maximum absolute atomic E-state index is 14.2. The molecule has 1 aromatic heterocycles. The first-order valence-electron chi connectivity index (χ1n) is 15.6. The van der Waals surface area contributed by atoms with Gasteiger partial charge in [0.2, 0.25) is 21.8 Å². The van der Waals surface area contributed by atoms with Crippen LogP contribution in [0.2, 0.25) is 0 Å². The molecule has 2 fully saturated rings. The first kappa shape index (κ1) is 32.9. The van der Waals surface area contributed by atoms with Crippen LogP contribution in [-0.4, -0.2) is 52.2 Å². The Morgan fingerprint density at radius 1 is 0.956 bits per heavy atom. The largest absolute Gasteiger partial charge is 0.496 e. The van der Waals surface area contributed by atoms with Crippen LogP contribution >= 0.6 is 11.3 Å². The molecule has 0 saturated heterocycles. The lowest BCUT2D eigenvalue weighted by molar-refractivity contribution is -0.128. The summed E-state index contributed by atoms with van der Waals surface area (Å²) in [6.45, 7) is 2.72. The molecule has 2 aliphatic carbocycles. The minimum Gasteiger partial charge on any atom is -0.496 e. The average Bonchev–Trinajstić information content (AvgIpc) is 3.53. The highest BCUT2D eigenvalue weighted by atomic mass is 32.2. The van der Waals surface area contributed by atoms with E-state index in [4.69, 9.17) is 9.47 Å². The van der Waals surface area contributed by atoms with E-state index in [2.05, 4.69) is 40.9 Å². The number of nitrogens with one attached hydrogen (secondary N) is 1. The number of carbonyl (C=O) groups excluding carboxylic acids is 2. The highest BCUT2D eigenvalue weighted by Crippen LogP contribution is 2.40. The van der Waals surface area contributed by atoms with Crippen molar-refractivity contribution in [2.75, 3.05) is 31.9 Å². The van der Waals surface area contributed by atoms with Crippen LogP contribution in [0.5, 0.6) is 10.9 Å². The predicted octanol–water partition coefficient (Wildman–Crippen LogP) is 6.32.